The summed E-state index contributed by atoms with van der Waals surface area (Å²) < 4.78 is 9.83. The molecular formula is C28H38N4O10. The molecule has 2 unspecified atom stereocenters. The quantitative estimate of drug-likeness (QED) is 0.160. The number of alkyl carbamates (subject to hydrolysis) is 1. The average Bonchev–Trinajstić information content (AvgIpc) is 2.89. The zero-order valence-electron chi connectivity index (χ0n) is 24.2. The van der Waals surface area contributed by atoms with Crippen molar-refractivity contribution in [3.63, 3.8) is 0 Å². The van der Waals surface area contributed by atoms with Gasteiger partial charge in [0.15, 0.2) is 11.4 Å². The number of hydrogen-bond acceptors (Lipinski definition) is 12. The highest BCUT2D eigenvalue weighted by molar-refractivity contribution is 6.25. The summed E-state index contributed by atoms with van der Waals surface area (Å²) in [5.74, 6) is -8.14. The molecule has 14 nitrogen and oxygen atoms in total. The van der Waals surface area contributed by atoms with Gasteiger partial charge in [0.25, 0.3) is 0 Å². The second-order valence-corrected chi connectivity index (χ2v) is 11.4. The lowest BCUT2D eigenvalue weighted by Crippen LogP contribution is -2.73. The Morgan fingerprint density at radius 1 is 1.17 bits per heavy atom. The number of carbonyl (C=O) groups is 4. The standard InChI is InChI=1S/C28H38N4O10/c1-31(2)16-10-13(11-30-27(39)42-7-6-41-5)21(33)18-14(16)8-12-9-15-20(32(3)4)23(35)19(26(29)38)25(37)28(15,40)24(36)17(12)22(18)34/h10,12,15,19-20,23,33-35,40H,6-9,11H2,1-5H3,(H2,29,38)(H,30,39)/t12-,15-,19?,20-,23?,28-/m1/s1. The number of rotatable bonds is 8. The Hall–Kier alpha value is -3.72. The summed E-state index contributed by atoms with van der Waals surface area (Å²) in [7, 11) is 8.16. The summed E-state index contributed by atoms with van der Waals surface area (Å²) in [6.45, 7) is 0.0325. The number of carbonyl (C=O) groups excluding carboxylic acids is 4. The molecule has 3 aliphatic rings. The van der Waals surface area contributed by atoms with Gasteiger partial charge in [-0.2, -0.15) is 0 Å². The van der Waals surface area contributed by atoms with Crippen LogP contribution in [0.5, 0.6) is 5.75 Å². The number of amides is 2. The topological polar surface area (TPSA) is 212 Å². The molecule has 2 fully saturated rings. The number of ketones is 2. The number of Topliss-reactive ketones (excluding diaryl/α,β-unsaturated/α-hetero) is 2. The van der Waals surface area contributed by atoms with Crippen LogP contribution in [0.4, 0.5) is 10.5 Å². The van der Waals surface area contributed by atoms with E-state index >= 15 is 0 Å². The Kier molecular flexibility index (Phi) is 8.56. The summed E-state index contributed by atoms with van der Waals surface area (Å²) in [5.41, 5.74) is 3.70. The average molecular weight is 591 g/mol. The maximum atomic E-state index is 14.0. The third kappa shape index (κ3) is 4.87. The molecule has 2 saturated carbocycles. The number of aliphatic hydroxyl groups excluding tert-OH is 2. The molecule has 4 rings (SSSR count). The van der Waals surface area contributed by atoms with Gasteiger partial charge in [0.2, 0.25) is 11.7 Å². The number of hydrogen-bond donors (Lipinski definition) is 6. The van der Waals surface area contributed by atoms with Crippen LogP contribution in [0.3, 0.4) is 0 Å². The first-order chi connectivity index (χ1) is 19.7. The molecule has 1 aromatic carbocycles. The van der Waals surface area contributed by atoms with E-state index in [0.29, 0.717) is 11.3 Å². The van der Waals surface area contributed by atoms with Gasteiger partial charge in [-0.25, -0.2) is 4.79 Å². The van der Waals surface area contributed by atoms with Crippen molar-refractivity contribution in [2.24, 2.45) is 23.5 Å². The Labute approximate surface area is 242 Å². The van der Waals surface area contributed by atoms with E-state index in [1.807, 2.05) is 0 Å². The van der Waals surface area contributed by atoms with E-state index in [1.165, 1.54) is 12.0 Å². The van der Waals surface area contributed by atoms with Crippen molar-refractivity contribution >= 4 is 35.0 Å². The third-order valence-corrected chi connectivity index (χ3v) is 8.57. The monoisotopic (exact) mass is 590 g/mol. The van der Waals surface area contributed by atoms with Gasteiger partial charge < -0.3 is 50.8 Å². The minimum atomic E-state index is -2.74. The second-order valence-electron chi connectivity index (χ2n) is 11.4. The molecule has 0 aliphatic heterocycles. The van der Waals surface area contributed by atoms with E-state index in [9.17, 15) is 39.6 Å². The summed E-state index contributed by atoms with van der Waals surface area (Å²) in [6.07, 6.45) is -2.14. The third-order valence-electron chi connectivity index (χ3n) is 8.57. The van der Waals surface area contributed by atoms with Crippen molar-refractivity contribution in [1.29, 1.82) is 0 Å². The van der Waals surface area contributed by atoms with Crippen molar-refractivity contribution in [3.8, 4) is 5.75 Å². The van der Waals surface area contributed by atoms with Crippen molar-refractivity contribution in [2.75, 3.05) is 53.4 Å². The molecule has 0 spiro atoms. The molecule has 230 valence electrons. The minimum Gasteiger partial charge on any atom is -0.507 e. The van der Waals surface area contributed by atoms with Crippen LogP contribution in [0, 0.1) is 17.8 Å². The predicted molar refractivity (Wildman–Crippen MR) is 148 cm³/mol. The lowest BCUT2D eigenvalue weighted by atomic mass is 9.54. The Balaban J connectivity index is 1.81. The van der Waals surface area contributed by atoms with E-state index in [-0.39, 0.29) is 49.3 Å². The number of primary amides is 1. The van der Waals surface area contributed by atoms with Crippen LogP contribution < -0.4 is 16.0 Å². The fourth-order valence-electron chi connectivity index (χ4n) is 6.68. The number of aromatic hydroxyl groups is 1. The van der Waals surface area contributed by atoms with Crippen molar-refractivity contribution in [1.82, 2.24) is 10.2 Å². The number of methoxy groups -OCH3 is 1. The van der Waals surface area contributed by atoms with Crippen LogP contribution in [-0.2, 0) is 36.8 Å². The predicted octanol–water partition coefficient (Wildman–Crippen LogP) is -0.932. The van der Waals surface area contributed by atoms with Crippen molar-refractivity contribution in [3.05, 3.63) is 28.3 Å². The van der Waals surface area contributed by atoms with Gasteiger partial charge in [-0.1, -0.05) is 0 Å². The van der Waals surface area contributed by atoms with Crippen LogP contribution in [0.25, 0.3) is 5.76 Å². The first kappa shape index (κ1) is 31.2. The van der Waals surface area contributed by atoms with E-state index in [4.69, 9.17) is 15.2 Å². The largest absolute Gasteiger partial charge is 0.507 e. The molecular weight excluding hydrogens is 552 g/mol. The summed E-state index contributed by atoms with van der Waals surface area (Å²) in [5, 5.41) is 48.1. The van der Waals surface area contributed by atoms with E-state index in [2.05, 4.69) is 5.32 Å². The molecule has 0 saturated heterocycles. The number of fused-ring (bicyclic) bond motifs is 3. The smallest absolute Gasteiger partial charge is 0.407 e. The number of likely N-dealkylation sites (N-methyl/N-ethyl adjacent to an activating group) is 1. The van der Waals surface area contributed by atoms with Crippen LogP contribution in [0.1, 0.15) is 23.1 Å². The number of nitrogens with zero attached hydrogens (tertiary/aromatic N) is 2. The highest BCUT2D eigenvalue weighted by Gasteiger charge is 2.67. The Morgan fingerprint density at radius 2 is 1.83 bits per heavy atom. The number of ether oxygens (including phenoxy) is 2. The van der Waals surface area contributed by atoms with Gasteiger partial charge in [0.1, 0.15) is 24.0 Å². The highest BCUT2D eigenvalue weighted by Crippen LogP contribution is 2.53. The van der Waals surface area contributed by atoms with Gasteiger partial charge in [-0.15, -0.1) is 0 Å². The van der Waals surface area contributed by atoms with Crippen molar-refractivity contribution in [2.45, 2.75) is 37.1 Å². The molecule has 14 heteroatoms. The maximum absolute atomic E-state index is 14.0. The van der Waals surface area contributed by atoms with Crippen molar-refractivity contribution < 1.29 is 49.1 Å². The molecule has 42 heavy (non-hydrogen) atoms. The number of phenols is 1. The maximum Gasteiger partial charge on any atom is 0.407 e. The van der Waals surface area contributed by atoms with Gasteiger partial charge in [0, 0.05) is 56.5 Å². The van der Waals surface area contributed by atoms with Gasteiger partial charge >= 0.3 is 6.09 Å². The summed E-state index contributed by atoms with van der Waals surface area (Å²) >= 11 is 0. The molecule has 2 amide bonds. The molecule has 1 aromatic rings. The zero-order chi connectivity index (χ0) is 31.3. The molecule has 0 radical (unpaired) electrons. The first-order valence-corrected chi connectivity index (χ1v) is 13.5. The van der Waals surface area contributed by atoms with Crippen LogP contribution in [0.2, 0.25) is 0 Å². The van der Waals surface area contributed by atoms with Crippen LogP contribution in [-0.4, -0.2) is 115 Å². The van der Waals surface area contributed by atoms with Gasteiger partial charge in [0.05, 0.1) is 18.3 Å². The molecule has 7 N–H and O–H groups in total. The van der Waals surface area contributed by atoms with E-state index < -0.39 is 70.6 Å². The summed E-state index contributed by atoms with van der Waals surface area (Å²) in [4.78, 5) is 55.1. The van der Waals surface area contributed by atoms with Crippen LogP contribution >= 0.6 is 0 Å². The fourth-order valence-corrected chi connectivity index (χ4v) is 6.68. The molecule has 3 aliphatic carbocycles. The zero-order valence-corrected chi connectivity index (χ0v) is 24.2. The minimum absolute atomic E-state index is 0.0163. The number of aliphatic hydroxyl groups is 3. The highest BCUT2D eigenvalue weighted by atomic mass is 16.6. The molecule has 0 heterocycles. The fraction of sp³-hybridized carbons (Fsp3) is 0.571. The number of anilines is 1. The first-order valence-electron chi connectivity index (χ1n) is 13.5. The van der Waals surface area contributed by atoms with E-state index in [0.717, 1.165) is 0 Å². The lowest BCUT2D eigenvalue weighted by molar-refractivity contribution is -0.184. The van der Waals surface area contributed by atoms with E-state index in [1.54, 1.807) is 39.2 Å². The van der Waals surface area contributed by atoms with Gasteiger partial charge in [-0.05, 0) is 44.5 Å². The van der Waals surface area contributed by atoms with Crippen LogP contribution in [0.15, 0.2) is 11.6 Å². The number of nitrogens with one attached hydrogen (secondary N) is 1. The lowest BCUT2D eigenvalue weighted by Gasteiger charge is -2.53. The number of benzene rings is 1. The second kappa shape index (κ2) is 11.5. The number of nitrogens with two attached hydrogens (primary N) is 1. The Bertz CT molecular complexity index is 1340. The number of phenolic OH excluding ortho intramolecular Hbond substituents is 1. The molecule has 6 atom stereocenters. The Morgan fingerprint density at radius 3 is 2.40 bits per heavy atom. The van der Waals surface area contributed by atoms with Gasteiger partial charge in [-0.3, -0.25) is 14.4 Å². The normalized spacial score (nSPS) is 28.6. The SMILES string of the molecule is COCCOC(=O)NCc1cc(N(C)C)c2c(c1O)C(O)=C1C(=O)[C@@]3(O)C(=O)C(C(N)=O)C(O)[C@H](N(C)C)[C@H]3C[C@H]1C2. The molecule has 0 aromatic heterocycles. The summed E-state index contributed by atoms with van der Waals surface area (Å²) in [6, 6.07) is 0.676. The molecule has 0 bridgehead atoms.